The van der Waals surface area contributed by atoms with Gasteiger partial charge in [-0.15, -0.1) is 0 Å². The van der Waals surface area contributed by atoms with Gasteiger partial charge in [0, 0.05) is 32.1 Å². The van der Waals surface area contributed by atoms with Gasteiger partial charge < -0.3 is 5.32 Å². The zero-order valence-corrected chi connectivity index (χ0v) is 11.1. The van der Waals surface area contributed by atoms with Gasteiger partial charge in [0.25, 0.3) is 0 Å². The van der Waals surface area contributed by atoms with Crippen LogP contribution in [0.15, 0.2) is 41.3 Å². The van der Waals surface area contributed by atoms with Crippen LogP contribution >= 0.6 is 0 Å². The highest BCUT2D eigenvalue weighted by atomic mass is 16.1. The second-order valence-electron chi connectivity index (χ2n) is 4.26. The maximum absolute atomic E-state index is 11.4. The molecule has 0 aliphatic carbocycles. The van der Waals surface area contributed by atoms with Crippen LogP contribution in [-0.2, 0) is 11.2 Å². The standard InChI is InChI=1S/C14H19N3O/c1-11(2)9-17-14(12(3)18)16-8-6-13-5-4-7-15-10-13/h4-5,7,9-10H,6,8H2,1-3H3,(H,16,17). The van der Waals surface area contributed by atoms with Gasteiger partial charge in [0.1, 0.15) is 0 Å². The molecule has 1 aromatic heterocycles. The van der Waals surface area contributed by atoms with Gasteiger partial charge in [-0.05, 0) is 31.9 Å². The number of amidine groups is 1. The summed E-state index contributed by atoms with van der Waals surface area (Å²) in [4.78, 5) is 19.7. The van der Waals surface area contributed by atoms with Gasteiger partial charge in [-0.3, -0.25) is 14.8 Å². The molecule has 1 aromatic rings. The Morgan fingerprint density at radius 1 is 1.44 bits per heavy atom. The van der Waals surface area contributed by atoms with Crippen LogP contribution in [0.2, 0.25) is 0 Å². The van der Waals surface area contributed by atoms with Gasteiger partial charge in [0.15, 0.2) is 11.6 Å². The van der Waals surface area contributed by atoms with E-state index in [0.29, 0.717) is 12.4 Å². The molecule has 96 valence electrons. The van der Waals surface area contributed by atoms with E-state index in [1.54, 1.807) is 12.4 Å². The smallest absolute Gasteiger partial charge is 0.194 e. The Morgan fingerprint density at radius 3 is 2.78 bits per heavy atom. The van der Waals surface area contributed by atoms with Crippen molar-refractivity contribution in [3.05, 3.63) is 41.9 Å². The molecule has 1 rings (SSSR count). The number of nitrogens with one attached hydrogen (secondary N) is 1. The fourth-order valence-corrected chi connectivity index (χ4v) is 1.31. The number of carbonyl (C=O) groups is 1. The summed E-state index contributed by atoms with van der Waals surface area (Å²) in [6.45, 7) is 6.00. The number of Topliss-reactive ketones (excluding diaryl/α,β-unsaturated/α-hetero) is 1. The van der Waals surface area contributed by atoms with E-state index >= 15 is 0 Å². The molecule has 4 heteroatoms. The number of allylic oxidation sites excluding steroid dienone is 1. The highest BCUT2D eigenvalue weighted by molar-refractivity contribution is 6.38. The molecule has 0 unspecified atom stereocenters. The SMILES string of the molecule is CC(=O)C(=NCCc1cccnc1)NC=C(C)C. The zero-order valence-electron chi connectivity index (χ0n) is 11.1. The van der Waals surface area contributed by atoms with Crippen molar-refractivity contribution in [2.45, 2.75) is 27.2 Å². The van der Waals surface area contributed by atoms with Crippen molar-refractivity contribution in [3.63, 3.8) is 0 Å². The minimum Gasteiger partial charge on any atom is -0.344 e. The third-order valence-electron chi connectivity index (χ3n) is 2.22. The van der Waals surface area contributed by atoms with Gasteiger partial charge in [-0.1, -0.05) is 11.6 Å². The van der Waals surface area contributed by atoms with Crippen LogP contribution in [-0.4, -0.2) is 23.1 Å². The lowest BCUT2D eigenvalue weighted by molar-refractivity contribution is -0.111. The number of rotatable bonds is 5. The molecular weight excluding hydrogens is 226 g/mol. The number of carbonyl (C=O) groups excluding carboxylic acids is 1. The zero-order chi connectivity index (χ0) is 13.4. The monoisotopic (exact) mass is 245 g/mol. The van der Waals surface area contributed by atoms with Crippen LogP contribution in [0.3, 0.4) is 0 Å². The number of hydrogen-bond donors (Lipinski definition) is 1. The second kappa shape index (κ2) is 7.37. The molecule has 0 saturated heterocycles. The minimum absolute atomic E-state index is 0.0568. The summed E-state index contributed by atoms with van der Waals surface area (Å²) in [7, 11) is 0. The molecular formula is C14H19N3O. The summed E-state index contributed by atoms with van der Waals surface area (Å²) < 4.78 is 0. The third-order valence-corrected chi connectivity index (χ3v) is 2.22. The van der Waals surface area contributed by atoms with Crippen LogP contribution < -0.4 is 5.32 Å². The van der Waals surface area contributed by atoms with Gasteiger partial charge in [0.05, 0.1) is 0 Å². The predicted molar refractivity (Wildman–Crippen MR) is 73.5 cm³/mol. The Hall–Kier alpha value is -1.97. The minimum atomic E-state index is -0.0568. The Balaban J connectivity index is 2.56. The first-order valence-electron chi connectivity index (χ1n) is 5.94. The van der Waals surface area contributed by atoms with E-state index in [0.717, 1.165) is 17.6 Å². The molecule has 0 aliphatic rings. The molecule has 0 atom stereocenters. The van der Waals surface area contributed by atoms with Crippen molar-refractivity contribution in [1.29, 1.82) is 0 Å². The summed E-state index contributed by atoms with van der Waals surface area (Å²) >= 11 is 0. The molecule has 0 fully saturated rings. The van der Waals surface area contributed by atoms with Crippen LogP contribution in [0, 0.1) is 0 Å². The van der Waals surface area contributed by atoms with Crippen molar-refractivity contribution in [2.24, 2.45) is 4.99 Å². The summed E-state index contributed by atoms with van der Waals surface area (Å²) in [6, 6.07) is 3.89. The Labute approximate surface area is 108 Å². The molecule has 1 heterocycles. The highest BCUT2D eigenvalue weighted by Crippen LogP contribution is 1.97. The van der Waals surface area contributed by atoms with Gasteiger partial charge >= 0.3 is 0 Å². The maximum atomic E-state index is 11.4. The summed E-state index contributed by atoms with van der Waals surface area (Å²) in [5.41, 5.74) is 2.21. The molecule has 0 spiro atoms. The number of nitrogens with zero attached hydrogens (tertiary/aromatic N) is 2. The maximum Gasteiger partial charge on any atom is 0.194 e. The topological polar surface area (TPSA) is 54.4 Å². The van der Waals surface area contributed by atoms with Gasteiger partial charge in [0.2, 0.25) is 0 Å². The summed E-state index contributed by atoms with van der Waals surface area (Å²) in [5.74, 6) is 0.346. The first kappa shape index (κ1) is 14.1. The fourth-order valence-electron chi connectivity index (χ4n) is 1.31. The Kier molecular flexibility index (Phi) is 5.77. The van der Waals surface area contributed by atoms with Crippen molar-refractivity contribution >= 4 is 11.6 Å². The van der Waals surface area contributed by atoms with E-state index < -0.39 is 0 Å². The van der Waals surface area contributed by atoms with Crippen LogP contribution in [0.1, 0.15) is 26.3 Å². The van der Waals surface area contributed by atoms with Crippen molar-refractivity contribution in [2.75, 3.05) is 6.54 Å². The lowest BCUT2D eigenvalue weighted by atomic mass is 10.2. The van der Waals surface area contributed by atoms with E-state index in [4.69, 9.17) is 0 Å². The molecule has 1 N–H and O–H groups in total. The Bertz CT molecular complexity index is 445. The highest BCUT2D eigenvalue weighted by Gasteiger charge is 2.02. The molecule has 4 nitrogen and oxygen atoms in total. The molecule has 0 amide bonds. The van der Waals surface area contributed by atoms with Gasteiger partial charge in [-0.25, -0.2) is 0 Å². The van der Waals surface area contributed by atoms with Crippen LogP contribution in [0.25, 0.3) is 0 Å². The second-order valence-corrected chi connectivity index (χ2v) is 4.26. The van der Waals surface area contributed by atoms with Crippen LogP contribution in [0.5, 0.6) is 0 Å². The predicted octanol–water partition coefficient (Wildman–Crippen LogP) is 2.12. The first-order chi connectivity index (χ1) is 8.59. The number of aromatic nitrogens is 1. The molecule has 0 radical (unpaired) electrons. The van der Waals surface area contributed by atoms with E-state index in [-0.39, 0.29) is 5.78 Å². The normalized spacial score (nSPS) is 10.9. The quantitative estimate of drug-likeness (QED) is 0.638. The van der Waals surface area contributed by atoms with E-state index in [2.05, 4.69) is 15.3 Å². The molecule has 18 heavy (non-hydrogen) atoms. The lowest BCUT2D eigenvalue weighted by Gasteiger charge is -2.03. The fraction of sp³-hybridized carbons (Fsp3) is 0.357. The van der Waals surface area contributed by atoms with Crippen molar-refractivity contribution in [3.8, 4) is 0 Å². The van der Waals surface area contributed by atoms with E-state index in [1.807, 2.05) is 32.2 Å². The Morgan fingerprint density at radius 2 is 2.22 bits per heavy atom. The van der Waals surface area contributed by atoms with Crippen molar-refractivity contribution < 1.29 is 4.79 Å². The summed E-state index contributed by atoms with van der Waals surface area (Å²) in [6.07, 6.45) is 6.11. The van der Waals surface area contributed by atoms with Gasteiger partial charge in [-0.2, -0.15) is 0 Å². The molecule has 0 aliphatic heterocycles. The number of pyridine rings is 1. The average Bonchev–Trinajstić information content (AvgIpc) is 2.34. The number of aliphatic imine (C=N–C) groups is 1. The van der Waals surface area contributed by atoms with E-state index in [9.17, 15) is 4.79 Å². The third kappa shape index (κ3) is 5.39. The van der Waals surface area contributed by atoms with E-state index in [1.165, 1.54) is 6.92 Å². The largest absolute Gasteiger partial charge is 0.344 e. The molecule has 0 bridgehead atoms. The number of ketones is 1. The number of hydrogen-bond acceptors (Lipinski definition) is 3. The lowest BCUT2D eigenvalue weighted by Crippen LogP contribution is -2.26. The first-order valence-corrected chi connectivity index (χ1v) is 5.94. The van der Waals surface area contributed by atoms with Crippen molar-refractivity contribution in [1.82, 2.24) is 10.3 Å². The summed E-state index contributed by atoms with van der Waals surface area (Å²) in [5, 5.41) is 2.93. The van der Waals surface area contributed by atoms with Crippen LogP contribution in [0.4, 0.5) is 0 Å². The average molecular weight is 245 g/mol. The molecule has 0 saturated carbocycles. The molecule has 0 aromatic carbocycles.